The fraction of sp³-hybridized carbons (Fsp3) is 0.160. The van der Waals surface area contributed by atoms with Crippen LogP contribution in [0.4, 0.5) is 11.5 Å². The maximum atomic E-state index is 12.0. The molecule has 10 heteroatoms. The van der Waals surface area contributed by atoms with E-state index in [1.54, 1.807) is 42.5 Å². The Kier molecular flexibility index (Phi) is 7.12. The zero-order valence-electron chi connectivity index (χ0n) is 19.3. The number of amides is 1. The summed E-state index contributed by atoms with van der Waals surface area (Å²) in [5, 5.41) is 15.5. The van der Waals surface area contributed by atoms with E-state index < -0.39 is 12.0 Å². The van der Waals surface area contributed by atoms with E-state index in [2.05, 4.69) is 30.6 Å². The lowest BCUT2D eigenvalue weighted by molar-refractivity contribution is -0.138. The number of imidazole rings is 1. The van der Waals surface area contributed by atoms with Gasteiger partial charge >= 0.3 is 5.97 Å². The summed E-state index contributed by atoms with van der Waals surface area (Å²) < 4.78 is 0. The molecule has 1 amide bonds. The molecule has 10 nitrogen and oxygen atoms in total. The molecule has 4 aromatic rings. The smallest absolute Gasteiger partial charge is 0.330 e. The summed E-state index contributed by atoms with van der Waals surface area (Å²) in [6.07, 6.45) is 4.62. The molecule has 0 aliphatic carbocycles. The normalized spacial score (nSPS) is 12.2. The Morgan fingerprint density at radius 3 is 2.51 bits per heavy atom. The first kappa shape index (κ1) is 23.6. The van der Waals surface area contributed by atoms with Crippen LogP contribution in [0.2, 0.25) is 0 Å². The third kappa shape index (κ3) is 5.87. The lowest BCUT2D eigenvalue weighted by Crippen LogP contribution is -2.21. The van der Waals surface area contributed by atoms with E-state index in [1.165, 1.54) is 12.4 Å². The predicted molar refractivity (Wildman–Crippen MR) is 134 cm³/mol. The number of carbonyl (C=O) groups is 2. The van der Waals surface area contributed by atoms with Gasteiger partial charge in [0.15, 0.2) is 17.5 Å². The maximum Gasteiger partial charge on any atom is 0.330 e. The van der Waals surface area contributed by atoms with Gasteiger partial charge in [-0.05, 0) is 43.9 Å². The number of aliphatic carboxylic acids is 1. The molecule has 4 rings (SSSR count). The Bertz CT molecular complexity index is 1350. The highest BCUT2D eigenvalue weighted by Crippen LogP contribution is 2.27. The second-order valence-electron chi connectivity index (χ2n) is 8.06. The number of fused-ring (bicyclic) bond motifs is 1. The molecule has 0 spiro atoms. The van der Waals surface area contributed by atoms with Crippen LogP contribution >= 0.6 is 0 Å². The Morgan fingerprint density at radius 2 is 1.83 bits per heavy atom. The average Bonchev–Trinajstić information content (AvgIpc) is 3.28. The van der Waals surface area contributed by atoms with Crippen LogP contribution in [0.5, 0.6) is 0 Å². The van der Waals surface area contributed by atoms with Crippen LogP contribution in [-0.4, -0.2) is 62.5 Å². The van der Waals surface area contributed by atoms with Crippen molar-refractivity contribution in [3.8, 4) is 11.4 Å². The third-order valence-electron chi connectivity index (χ3n) is 5.11. The Balaban J connectivity index is 1.53. The molecule has 178 valence electrons. The van der Waals surface area contributed by atoms with E-state index in [1.807, 2.05) is 37.2 Å². The number of hydrogen-bond acceptors (Lipinski definition) is 7. The highest BCUT2D eigenvalue weighted by Gasteiger charge is 2.22. The van der Waals surface area contributed by atoms with E-state index in [4.69, 9.17) is 0 Å². The van der Waals surface area contributed by atoms with Gasteiger partial charge in [-0.3, -0.25) is 4.79 Å². The number of anilines is 2. The van der Waals surface area contributed by atoms with Crippen molar-refractivity contribution in [1.82, 2.24) is 24.8 Å². The van der Waals surface area contributed by atoms with Crippen molar-refractivity contribution in [3.05, 3.63) is 78.6 Å². The molecular weight excluding hydrogens is 446 g/mol. The number of nitrogens with zero attached hydrogens (tertiary/aromatic N) is 4. The fourth-order valence-corrected chi connectivity index (χ4v) is 3.41. The monoisotopic (exact) mass is 471 g/mol. The van der Waals surface area contributed by atoms with Gasteiger partial charge in [-0.15, -0.1) is 0 Å². The van der Waals surface area contributed by atoms with Crippen LogP contribution in [0.3, 0.4) is 0 Å². The summed E-state index contributed by atoms with van der Waals surface area (Å²) in [6, 6.07) is 15.1. The molecule has 1 atom stereocenters. The van der Waals surface area contributed by atoms with Gasteiger partial charge in [-0.2, -0.15) is 0 Å². The van der Waals surface area contributed by atoms with E-state index in [9.17, 15) is 14.7 Å². The number of likely N-dealkylation sites (N-methyl/N-ethyl adjacent to an activating group) is 1. The third-order valence-corrected chi connectivity index (χ3v) is 5.11. The fourth-order valence-electron chi connectivity index (χ4n) is 3.41. The second kappa shape index (κ2) is 10.6. The number of carbonyl (C=O) groups excluding carboxylic acids is 1. The molecule has 2 heterocycles. The number of carboxylic acid groups (broad SMARTS) is 1. The topological polar surface area (TPSA) is 136 Å². The molecule has 0 aliphatic heterocycles. The number of benzene rings is 2. The van der Waals surface area contributed by atoms with Crippen molar-refractivity contribution in [2.45, 2.75) is 6.04 Å². The molecule has 0 aliphatic rings. The summed E-state index contributed by atoms with van der Waals surface area (Å²) in [5.74, 6) is -0.366. The van der Waals surface area contributed by atoms with Crippen molar-refractivity contribution in [2.75, 3.05) is 31.3 Å². The standard InChI is InChI=1S/C25H25N7O3/c1-32(2)14-6-9-19(33)28-18-12-10-17(11-13-18)22-30-21-23(26-15-27-24(21)31-22)29-20(25(34)35)16-7-4-3-5-8-16/h3-13,15,20H,14H2,1-2H3,(H,28,33)(H,34,35)(H2,26,27,29,30,31)/b9-6+/t20-/m0/s1. The molecule has 0 bridgehead atoms. The van der Waals surface area contributed by atoms with E-state index in [0.717, 1.165) is 5.56 Å². The van der Waals surface area contributed by atoms with E-state index in [0.29, 0.717) is 40.6 Å². The molecule has 0 radical (unpaired) electrons. The molecule has 2 aromatic carbocycles. The molecule has 35 heavy (non-hydrogen) atoms. The first-order valence-electron chi connectivity index (χ1n) is 10.9. The van der Waals surface area contributed by atoms with E-state index in [-0.39, 0.29) is 5.91 Å². The summed E-state index contributed by atoms with van der Waals surface area (Å²) in [5.41, 5.74) is 2.92. The molecular formula is C25H25N7O3. The number of nitrogens with one attached hydrogen (secondary N) is 3. The van der Waals surface area contributed by atoms with Crippen LogP contribution in [0.15, 0.2) is 73.1 Å². The number of rotatable bonds is 9. The number of carboxylic acids is 1. The first-order valence-corrected chi connectivity index (χ1v) is 10.9. The lowest BCUT2D eigenvalue weighted by Gasteiger charge is -2.15. The van der Waals surface area contributed by atoms with Crippen LogP contribution in [0.25, 0.3) is 22.6 Å². The Labute approximate surface area is 201 Å². The summed E-state index contributed by atoms with van der Waals surface area (Å²) in [7, 11) is 3.86. The summed E-state index contributed by atoms with van der Waals surface area (Å²) in [4.78, 5) is 42.0. The van der Waals surface area contributed by atoms with Crippen LogP contribution in [0.1, 0.15) is 11.6 Å². The van der Waals surface area contributed by atoms with Crippen molar-refractivity contribution in [3.63, 3.8) is 0 Å². The van der Waals surface area contributed by atoms with Gasteiger partial charge in [-0.25, -0.2) is 19.7 Å². The Morgan fingerprint density at radius 1 is 1.09 bits per heavy atom. The Hall–Kier alpha value is -4.57. The SMILES string of the molecule is CN(C)C/C=C/C(=O)Nc1ccc(-c2nc3ncnc(N[C@H](C(=O)O)c4ccccc4)c3[nH]2)cc1. The highest BCUT2D eigenvalue weighted by molar-refractivity contribution is 5.99. The van der Waals surface area contributed by atoms with E-state index >= 15 is 0 Å². The van der Waals surface area contributed by atoms with Crippen LogP contribution in [-0.2, 0) is 9.59 Å². The molecule has 0 saturated heterocycles. The minimum Gasteiger partial charge on any atom is -0.479 e. The summed E-state index contributed by atoms with van der Waals surface area (Å²) in [6.45, 7) is 0.677. The van der Waals surface area contributed by atoms with Crippen molar-refractivity contribution >= 4 is 34.5 Å². The minimum atomic E-state index is -1.03. The van der Waals surface area contributed by atoms with Gasteiger partial charge in [0.25, 0.3) is 0 Å². The number of aromatic nitrogens is 4. The lowest BCUT2D eigenvalue weighted by atomic mass is 10.1. The average molecular weight is 472 g/mol. The maximum absolute atomic E-state index is 12.0. The second-order valence-corrected chi connectivity index (χ2v) is 8.06. The molecule has 0 saturated carbocycles. The molecule has 4 N–H and O–H groups in total. The summed E-state index contributed by atoms with van der Waals surface area (Å²) >= 11 is 0. The zero-order valence-corrected chi connectivity index (χ0v) is 19.3. The number of H-pyrrole nitrogens is 1. The van der Waals surface area contributed by atoms with Crippen LogP contribution < -0.4 is 10.6 Å². The molecule has 0 unspecified atom stereocenters. The van der Waals surface area contributed by atoms with Crippen molar-refractivity contribution in [1.29, 1.82) is 0 Å². The van der Waals surface area contributed by atoms with Gasteiger partial charge in [0.2, 0.25) is 5.91 Å². The largest absolute Gasteiger partial charge is 0.479 e. The van der Waals surface area contributed by atoms with Gasteiger partial charge in [0.1, 0.15) is 17.7 Å². The minimum absolute atomic E-state index is 0.208. The van der Waals surface area contributed by atoms with Gasteiger partial charge < -0.3 is 25.6 Å². The van der Waals surface area contributed by atoms with Crippen molar-refractivity contribution < 1.29 is 14.7 Å². The van der Waals surface area contributed by atoms with Gasteiger partial charge in [0.05, 0.1) is 0 Å². The van der Waals surface area contributed by atoms with Crippen LogP contribution in [0, 0.1) is 0 Å². The number of aromatic amines is 1. The predicted octanol–water partition coefficient (Wildman–Crippen LogP) is 3.31. The van der Waals surface area contributed by atoms with Crippen molar-refractivity contribution in [2.24, 2.45) is 0 Å². The van der Waals surface area contributed by atoms with Gasteiger partial charge in [-0.1, -0.05) is 36.4 Å². The van der Waals surface area contributed by atoms with Gasteiger partial charge in [0, 0.05) is 23.9 Å². The quantitative estimate of drug-likeness (QED) is 0.273. The first-order chi connectivity index (χ1) is 16.9. The highest BCUT2D eigenvalue weighted by atomic mass is 16.4. The number of hydrogen-bond donors (Lipinski definition) is 4. The molecule has 0 fully saturated rings. The molecule has 2 aromatic heterocycles. The zero-order chi connectivity index (χ0) is 24.8.